The van der Waals surface area contributed by atoms with Gasteiger partial charge in [0.05, 0.1) is 0 Å². The number of carbonyl (C=O) groups excluding carboxylic acids is 1. The van der Waals surface area contributed by atoms with Crippen LogP contribution in [0.1, 0.15) is 37.7 Å². The largest absolute Gasteiger partial charge is 0.352 e. The first-order chi connectivity index (χ1) is 9.65. The number of piperidine rings is 1. The molecule has 1 fully saturated rings. The normalized spacial score (nSPS) is 18.8. The molecule has 0 bridgehead atoms. The summed E-state index contributed by atoms with van der Waals surface area (Å²) >= 11 is 3.35. The van der Waals surface area contributed by atoms with Crippen molar-refractivity contribution in [1.82, 2.24) is 10.6 Å². The molecule has 1 atom stereocenters. The predicted molar refractivity (Wildman–Crippen MR) is 80.8 cm³/mol. The van der Waals surface area contributed by atoms with Crippen LogP contribution in [0.5, 0.6) is 0 Å². The van der Waals surface area contributed by atoms with Crippen molar-refractivity contribution >= 4 is 21.8 Å². The van der Waals surface area contributed by atoms with Gasteiger partial charge in [0.1, 0.15) is 5.82 Å². The molecular weight excluding hydrogens is 323 g/mol. The molecule has 1 aliphatic rings. The first kappa shape index (κ1) is 15.4. The van der Waals surface area contributed by atoms with Gasteiger partial charge in [-0.15, -0.1) is 0 Å². The topological polar surface area (TPSA) is 41.1 Å². The molecule has 20 heavy (non-hydrogen) atoms. The summed E-state index contributed by atoms with van der Waals surface area (Å²) in [6, 6.07) is 4.95. The van der Waals surface area contributed by atoms with Crippen LogP contribution >= 0.6 is 15.9 Å². The summed E-state index contributed by atoms with van der Waals surface area (Å²) in [7, 11) is 0. The first-order valence-corrected chi connectivity index (χ1v) is 7.88. The molecule has 5 heteroatoms. The predicted octanol–water partition coefficient (Wildman–Crippen LogP) is 3.13. The zero-order valence-electron chi connectivity index (χ0n) is 11.4. The maximum Gasteiger partial charge on any atom is 0.220 e. The highest BCUT2D eigenvalue weighted by atomic mass is 79.9. The van der Waals surface area contributed by atoms with Crippen LogP contribution in [-0.2, 0) is 11.3 Å². The Morgan fingerprint density at radius 3 is 3.05 bits per heavy atom. The minimum Gasteiger partial charge on any atom is -0.352 e. The second-order valence-electron chi connectivity index (χ2n) is 5.20. The van der Waals surface area contributed by atoms with E-state index in [2.05, 4.69) is 26.6 Å². The van der Waals surface area contributed by atoms with E-state index in [9.17, 15) is 9.18 Å². The van der Waals surface area contributed by atoms with Crippen LogP contribution in [0.2, 0.25) is 0 Å². The van der Waals surface area contributed by atoms with E-state index >= 15 is 0 Å². The molecule has 1 aromatic rings. The minimum absolute atomic E-state index is 0.0218. The van der Waals surface area contributed by atoms with Gasteiger partial charge < -0.3 is 10.6 Å². The summed E-state index contributed by atoms with van der Waals surface area (Å²) in [5, 5.41) is 6.27. The molecule has 1 aromatic carbocycles. The fraction of sp³-hybridized carbons (Fsp3) is 0.533. The smallest absolute Gasteiger partial charge is 0.220 e. The zero-order valence-corrected chi connectivity index (χ0v) is 13.0. The lowest BCUT2D eigenvalue weighted by Gasteiger charge is -2.23. The van der Waals surface area contributed by atoms with Gasteiger partial charge in [-0.1, -0.05) is 22.4 Å². The summed E-state index contributed by atoms with van der Waals surface area (Å²) in [5.41, 5.74) is 0.758. The number of amides is 1. The van der Waals surface area contributed by atoms with Gasteiger partial charge in [-0.05, 0) is 49.6 Å². The van der Waals surface area contributed by atoms with Gasteiger partial charge in [-0.3, -0.25) is 4.79 Å². The molecule has 0 spiro atoms. The Hall–Kier alpha value is -0.940. The third-order valence-electron chi connectivity index (χ3n) is 3.62. The van der Waals surface area contributed by atoms with Crippen LogP contribution in [-0.4, -0.2) is 18.5 Å². The van der Waals surface area contributed by atoms with Crippen molar-refractivity contribution in [2.24, 2.45) is 0 Å². The molecule has 2 N–H and O–H groups in total. The number of benzene rings is 1. The Balaban J connectivity index is 1.73. The van der Waals surface area contributed by atoms with Crippen LogP contribution in [0, 0.1) is 5.82 Å². The Morgan fingerprint density at radius 1 is 1.45 bits per heavy atom. The number of carbonyl (C=O) groups is 1. The lowest BCUT2D eigenvalue weighted by Crippen LogP contribution is -2.35. The van der Waals surface area contributed by atoms with Gasteiger partial charge in [0.15, 0.2) is 0 Å². The highest BCUT2D eigenvalue weighted by Gasteiger charge is 2.14. The molecule has 3 nitrogen and oxygen atoms in total. The number of nitrogens with one attached hydrogen (secondary N) is 2. The fourth-order valence-electron chi connectivity index (χ4n) is 2.44. The van der Waals surface area contributed by atoms with E-state index in [1.54, 1.807) is 6.07 Å². The van der Waals surface area contributed by atoms with Crippen LogP contribution in [0.4, 0.5) is 4.39 Å². The van der Waals surface area contributed by atoms with Crippen molar-refractivity contribution < 1.29 is 9.18 Å². The Morgan fingerprint density at radius 2 is 2.30 bits per heavy atom. The van der Waals surface area contributed by atoms with Gasteiger partial charge in [0.25, 0.3) is 0 Å². The second kappa shape index (κ2) is 7.74. The van der Waals surface area contributed by atoms with E-state index in [1.807, 2.05) is 0 Å². The number of hydrogen-bond donors (Lipinski definition) is 2. The van der Waals surface area contributed by atoms with Crippen molar-refractivity contribution in [3.63, 3.8) is 0 Å². The van der Waals surface area contributed by atoms with E-state index in [0.29, 0.717) is 19.0 Å². The zero-order chi connectivity index (χ0) is 14.4. The van der Waals surface area contributed by atoms with Gasteiger partial charge in [0, 0.05) is 23.5 Å². The lowest BCUT2D eigenvalue weighted by atomic mass is 10.0. The molecule has 1 unspecified atom stereocenters. The summed E-state index contributed by atoms with van der Waals surface area (Å²) in [6.45, 7) is 1.41. The maximum absolute atomic E-state index is 13.1. The van der Waals surface area contributed by atoms with Crippen LogP contribution in [0.25, 0.3) is 0 Å². The minimum atomic E-state index is -0.288. The molecule has 0 saturated carbocycles. The van der Waals surface area contributed by atoms with Crippen molar-refractivity contribution in [3.05, 3.63) is 34.1 Å². The molecule has 1 heterocycles. The molecule has 0 aliphatic carbocycles. The van der Waals surface area contributed by atoms with Gasteiger partial charge in [-0.25, -0.2) is 4.39 Å². The number of hydrogen-bond acceptors (Lipinski definition) is 2. The average Bonchev–Trinajstić information content (AvgIpc) is 2.47. The fourth-order valence-corrected chi connectivity index (χ4v) is 2.82. The van der Waals surface area contributed by atoms with Crippen molar-refractivity contribution in [2.75, 3.05) is 6.54 Å². The summed E-state index contributed by atoms with van der Waals surface area (Å²) in [6.07, 6.45) is 5.02. The van der Waals surface area contributed by atoms with Crippen molar-refractivity contribution in [3.8, 4) is 0 Å². The van der Waals surface area contributed by atoms with E-state index in [0.717, 1.165) is 29.4 Å². The molecule has 2 rings (SSSR count). The van der Waals surface area contributed by atoms with E-state index in [1.165, 1.54) is 25.0 Å². The van der Waals surface area contributed by atoms with Gasteiger partial charge in [0.2, 0.25) is 5.91 Å². The second-order valence-corrected chi connectivity index (χ2v) is 6.05. The number of rotatable bonds is 5. The Labute approximate surface area is 127 Å². The van der Waals surface area contributed by atoms with E-state index < -0.39 is 0 Å². The molecule has 0 aromatic heterocycles. The summed E-state index contributed by atoms with van der Waals surface area (Å²) in [5.74, 6) is -0.266. The van der Waals surface area contributed by atoms with Crippen LogP contribution < -0.4 is 10.6 Å². The summed E-state index contributed by atoms with van der Waals surface area (Å²) in [4.78, 5) is 11.8. The molecular formula is C15H20BrFN2O. The average molecular weight is 343 g/mol. The maximum atomic E-state index is 13.1. The van der Waals surface area contributed by atoms with Crippen LogP contribution in [0.3, 0.4) is 0 Å². The molecule has 110 valence electrons. The monoisotopic (exact) mass is 342 g/mol. The highest BCUT2D eigenvalue weighted by Crippen LogP contribution is 2.17. The third-order valence-corrected chi connectivity index (χ3v) is 4.39. The van der Waals surface area contributed by atoms with E-state index in [4.69, 9.17) is 0 Å². The Kier molecular flexibility index (Phi) is 5.98. The molecule has 1 saturated heterocycles. The van der Waals surface area contributed by atoms with Gasteiger partial charge >= 0.3 is 0 Å². The molecule has 1 amide bonds. The SMILES string of the molecule is O=C(CCC1CCCCN1)NCc1cc(F)ccc1Br. The first-order valence-electron chi connectivity index (χ1n) is 7.09. The standard InChI is InChI=1S/C15H20BrFN2O/c16-14-6-4-12(17)9-11(14)10-19-15(20)7-5-13-3-1-2-8-18-13/h4,6,9,13,18H,1-3,5,7-8,10H2,(H,19,20). The van der Waals surface area contributed by atoms with Crippen molar-refractivity contribution in [2.45, 2.75) is 44.7 Å². The van der Waals surface area contributed by atoms with Crippen LogP contribution in [0.15, 0.2) is 22.7 Å². The highest BCUT2D eigenvalue weighted by molar-refractivity contribution is 9.10. The summed E-state index contributed by atoms with van der Waals surface area (Å²) < 4.78 is 13.9. The van der Waals surface area contributed by atoms with Crippen molar-refractivity contribution in [1.29, 1.82) is 0 Å². The quantitative estimate of drug-likeness (QED) is 0.863. The Bertz CT molecular complexity index is 461. The molecule has 0 radical (unpaired) electrons. The third kappa shape index (κ3) is 4.87. The molecule has 1 aliphatic heterocycles. The van der Waals surface area contributed by atoms with Gasteiger partial charge in [-0.2, -0.15) is 0 Å². The number of halogens is 2. The van der Waals surface area contributed by atoms with E-state index in [-0.39, 0.29) is 11.7 Å². The lowest BCUT2D eigenvalue weighted by molar-refractivity contribution is -0.121.